The van der Waals surface area contributed by atoms with Crippen LogP contribution in [0.15, 0.2) is 55.1 Å². The van der Waals surface area contributed by atoms with Gasteiger partial charge in [0.15, 0.2) is 11.6 Å². The van der Waals surface area contributed by atoms with E-state index < -0.39 is 5.82 Å². The number of nitrogens with zero attached hydrogens (tertiary/aromatic N) is 5. The molecule has 1 fully saturated rings. The quantitative estimate of drug-likeness (QED) is 0.433. The molecule has 33 heavy (non-hydrogen) atoms. The topological polar surface area (TPSA) is 89.3 Å². The predicted octanol–water partition coefficient (Wildman–Crippen LogP) is 4.36. The van der Waals surface area contributed by atoms with Gasteiger partial charge in [-0.05, 0) is 42.7 Å². The van der Waals surface area contributed by atoms with E-state index in [0.717, 1.165) is 37.1 Å². The van der Waals surface area contributed by atoms with Gasteiger partial charge in [-0.1, -0.05) is 19.9 Å². The Morgan fingerprint density at radius 1 is 1.18 bits per heavy atom. The van der Waals surface area contributed by atoms with E-state index in [1.807, 2.05) is 44.3 Å². The van der Waals surface area contributed by atoms with Crippen molar-refractivity contribution in [3.63, 3.8) is 0 Å². The van der Waals surface area contributed by atoms with Gasteiger partial charge in [-0.2, -0.15) is 0 Å². The number of aromatic nitrogens is 5. The lowest BCUT2D eigenvalue weighted by Gasteiger charge is -2.13. The summed E-state index contributed by atoms with van der Waals surface area (Å²) in [5.74, 6) is 0.488. The van der Waals surface area contributed by atoms with Crippen LogP contribution in [0.4, 0.5) is 15.9 Å². The first-order valence-corrected chi connectivity index (χ1v) is 11.3. The average Bonchev–Trinajstić information content (AvgIpc) is 3.53. The normalized spacial score (nSPS) is 15.3. The molecular weight excluding hydrogens is 421 g/mol. The molecule has 1 aliphatic rings. The molecule has 0 spiro atoms. The fraction of sp³-hybridized carbons (Fsp3) is 0.333. The van der Waals surface area contributed by atoms with Crippen molar-refractivity contribution in [1.82, 2.24) is 29.9 Å². The molecule has 0 saturated carbocycles. The highest BCUT2D eigenvalue weighted by Crippen LogP contribution is 2.27. The van der Waals surface area contributed by atoms with E-state index in [2.05, 4.69) is 30.7 Å². The molecule has 5 heterocycles. The van der Waals surface area contributed by atoms with Crippen molar-refractivity contribution < 1.29 is 9.13 Å². The summed E-state index contributed by atoms with van der Waals surface area (Å²) in [5.41, 5.74) is 2.70. The summed E-state index contributed by atoms with van der Waals surface area (Å²) in [5, 5.41) is 11.2. The number of hydrogen-bond acceptors (Lipinski definition) is 7. The molecule has 1 saturated heterocycles. The second kappa shape index (κ2) is 10.9. The third-order valence-electron chi connectivity index (χ3n) is 5.23. The van der Waals surface area contributed by atoms with Crippen molar-refractivity contribution in [2.75, 3.05) is 18.5 Å². The minimum atomic E-state index is -0.455. The van der Waals surface area contributed by atoms with E-state index in [4.69, 9.17) is 4.74 Å². The number of hydrogen-bond donors (Lipinski definition) is 2. The number of fused-ring (bicyclic) bond motifs is 1. The standard InChI is InChI=1S/C22H22FN7O.C2H6/c23-17-14-24-9-6-18(17)27-22-20-15(12-25-13-16-4-3-11-31-16)7-10-30(20)29-21(28-22)19-5-1-2-8-26-19;1-2/h1-2,5-10,14,16,25H,3-4,11-13H2,(H,24,27,28,29);1-2H3. The molecule has 1 atom stereocenters. The van der Waals surface area contributed by atoms with Crippen LogP contribution in [0.25, 0.3) is 17.0 Å². The summed E-state index contributed by atoms with van der Waals surface area (Å²) in [6.45, 7) is 6.24. The highest BCUT2D eigenvalue weighted by Gasteiger charge is 2.18. The summed E-state index contributed by atoms with van der Waals surface area (Å²) >= 11 is 0. The van der Waals surface area contributed by atoms with Crippen LogP contribution in [0.2, 0.25) is 0 Å². The summed E-state index contributed by atoms with van der Waals surface area (Å²) in [6, 6.07) is 9.11. The predicted molar refractivity (Wildman–Crippen MR) is 126 cm³/mol. The molecule has 4 aromatic rings. The van der Waals surface area contributed by atoms with Crippen molar-refractivity contribution in [1.29, 1.82) is 0 Å². The van der Waals surface area contributed by atoms with E-state index in [0.29, 0.717) is 29.6 Å². The van der Waals surface area contributed by atoms with Gasteiger partial charge >= 0.3 is 0 Å². The molecule has 5 rings (SSSR count). The summed E-state index contributed by atoms with van der Waals surface area (Å²) in [6.07, 6.45) is 8.71. The summed E-state index contributed by atoms with van der Waals surface area (Å²) < 4.78 is 21.7. The van der Waals surface area contributed by atoms with Gasteiger partial charge in [-0.25, -0.2) is 13.9 Å². The smallest absolute Gasteiger partial charge is 0.200 e. The Bertz CT molecular complexity index is 1180. The maximum Gasteiger partial charge on any atom is 0.200 e. The Labute approximate surface area is 192 Å². The van der Waals surface area contributed by atoms with Crippen LogP contribution in [-0.4, -0.2) is 43.8 Å². The van der Waals surface area contributed by atoms with Crippen molar-refractivity contribution in [2.45, 2.75) is 39.3 Å². The number of pyridine rings is 2. The van der Waals surface area contributed by atoms with Gasteiger partial charge in [0.25, 0.3) is 0 Å². The summed E-state index contributed by atoms with van der Waals surface area (Å²) in [4.78, 5) is 12.8. The Kier molecular flexibility index (Phi) is 7.54. The van der Waals surface area contributed by atoms with Crippen LogP contribution in [0.3, 0.4) is 0 Å². The zero-order valence-corrected chi connectivity index (χ0v) is 18.8. The number of nitrogens with one attached hydrogen (secondary N) is 2. The second-order valence-corrected chi connectivity index (χ2v) is 7.38. The third kappa shape index (κ3) is 5.32. The number of rotatable bonds is 7. The minimum Gasteiger partial charge on any atom is -0.377 e. The molecule has 0 aliphatic carbocycles. The Hall–Kier alpha value is -3.43. The maximum atomic E-state index is 14.3. The first kappa shape index (κ1) is 22.8. The molecule has 0 aromatic carbocycles. The zero-order valence-electron chi connectivity index (χ0n) is 18.8. The van der Waals surface area contributed by atoms with E-state index in [-0.39, 0.29) is 6.10 Å². The SMILES string of the molecule is CC.Fc1cnccc1Nc1nc(-c2ccccn2)nn2ccc(CNCC3CCCO3)c12. The van der Waals surface area contributed by atoms with Gasteiger partial charge in [0.05, 0.1) is 18.0 Å². The van der Waals surface area contributed by atoms with Gasteiger partial charge in [-0.3, -0.25) is 9.97 Å². The minimum absolute atomic E-state index is 0.254. The fourth-order valence-electron chi connectivity index (χ4n) is 3.70. The summed E-state index contributed by atoms with van der Waals surface area (Å²) in [7, 11) is 0. The van der Waals surface area contributed by atoms with Crippen molar-refractivity contribution in [3.8, 4) is 11.5 Å². The van der Waals surface area contributed by atoms with Gasteiger partial charge < -0.3 is 15.4 Å². The zero-order chi connectivity index (χ0) is 23.0. The first-order valence-electron chi connectivity index (χ1n) is 11.3. The van der Waals surface area contributed by atoms with Crippen LogP contribution in [0, 0.1) is 5.82 Å². The third-order valence-corrected chi connectivity index (χ3v) is 5.23. The van der Waals surface area contributed by atoms with Crippen molar-refractivity contribution >= 4 is 17.0 Å². The number of anilines is 2. The monoisotopic (exact) mass is 449 g/mol. The molecule has 0 bridgehead atoms. The number of ether oxygens (including phenoxy) is 1. The van der Waals surface area contributed by atoms with E-state index in [1.165, 1.54) is 12.4 Å². The molecule has 172 valence electrons. The Morgan fingerprint density at radius 2 is 2.09 bits per heavy atom. The fourth-order valence-corrected chi connectivity index (χ4v) is 3.70. The lowest BCUT2D eigenvalue weighted by atomic mass is 10.2. The lowest BCUT2D eigenvalue weighted by Crippen LogP contribution is -2.25. The molecule has 9 heteroatoms. The highest BCUT2D eigenvalue weighted by atomic mass is 19.1. The molecule has 8 nitrogen and oxygen atoms in total. The lowest BCUT2D eigenvalue weighted by molar-refractivity contribution is 0.110. The van der Waals surface area contributed by atoms with Gasteiger partial charge in [0.2, 0.25) is 5.82 Å². The van der Waals surface area contributed by atoms with Gasteiger partial charge in [-0.15, -0.1) is 5.10 Å². The van der Waals surface area contributed by atoms with E-state index in [1.54, 1.807) is 16.8 Å². The Morgan fingerprint density at radius 3 is 2.85 bits per heavy atom. The van der Waals surface area contributed by atoms with Crippen molar-refractivity contribution in [3.05, 3.63) is 66.5 Å². The number of halogens is 1. The molecule has 0 amide bonds. The van der Waals surface area contributed by atoms with E-state index in [9.17, 15) is 4.39 Å². The van der Waals surface area contributed by atoms with E-state index >= 15 is 0 Å². The molecule has 1 aliphatic heterocycles. The second-order valence-electron chi connectivity index (χ2n) is 7.38. The molecule has 1 unspecified atom stereocenters. The highest BCUT2D eigenvalue weighted by molar-refractivity contribution is 5.78. The van der Waals surface area contributed by atoms with Crippen LogP contribution in [0.5, 0.6) is 0 Å². The van der Waals surface area contributed by atoms with Crippen LogP contribution in [0.1, 0.15) is 32.3 Å². The van der Waals surface area contributed by atoms with Crippen LogP contribution >= 0.6 is 0 Å². The molecule has 0 radical (unpaired) electrons. The van der Waals surface area contributed by atoms with Crippen LogP contribution in [-0.2, 0) is 11.3 Å². The first-order chi connectivity index (χ1) is 16.3. The molecule has 4 aromatic heterocycles. The van der Waals surface area contributed by atoms with Crippen LogP contribution < -0.4 is 10.6 Å². The largest absolute Gasteiger partial charge is 0.377 e. The average molecular weight is 450 g/mol. The Balaban J connectivity index is 0.00000126. The maximum absolute atomic E-state index is 14.3. The van der Waals surface area contributed by atoms with Gasteiger partial charge in [0, 0.05) is 38.3 Å². The van der Waals surface area contributed by atoms with Gasteiger partial charge in [0.1, 0.15) is 11.2 Å². The molecule has 2 N–H and O–H groups in total. The van der Waals surface area contributed by atoms with Crippen molar-refractivity contribution in [2.24, 2.45) is 0 Å². The molecular formula is C24H28FN7O.